The molecule has 2 aromatic rings. The average molecular weight is 286 g/mol. The van der Waals surface area contributed by atoms with E-state index in [1.807, 2.05) is 0 Å². The lowest BCUT2D eigenvalue weighted by Gasteiger charge is -2.09. The quantitative estimate of drug-likeness (QED) is 0.624. The number of rotatable bonds is 3. The van der Waals surface area contributed by atoms with Crippen LogP contribution in [0.5, 0.6) is 0 Å². The summed E-state index contributed by atoms with van der Waals surface area (Å²) in [6, 6.07) is 5.43. The van der Waals surface area contributed by atoms with E-state index < -0.39 is 28.9 Å². The van der Waals surface area contributed by atoms with Crippen molar-refractivity contribution in [2.45, 2.75) is 19.5 Å². The smallest absolute Gasteiger partial charge is 0.419 e. The fraction of sp³-hybridized carbons (Fsp3) is 0.214. The van der Waals surface area contributed by atoms with E-state index >= 15 is 0 Å². The van der Waals surface area contributed by atoms with Crippen LogP contribution in [0.3, 0.4) is 0 Å². The van der Waals surface area contributed by atoms with Crippen molar-refractivity contribution in [1.82, 2.24) is 0 Å². The van der Waals surface area contributed by atoms with Crippen molar-refractivity contribution in [2.24, 2.45) is 0 Å². The van der Waals surface area contributed by atoms with Crippen LogP contribution in [0.4, 0.5) is 17.6 Å². The number of hydrogen-bond acceptors (Lipinski definition) is 2. The monoisotopic (exact) mass is 286 g/mol. The van der Waals surface area contributed by atoms with Gasteiger partial charge in [-0.05, 0) is 24.3 Å². The first kappa shape index (κ1) is 14.3. The predicted octanol–water partition coefficient (Wildman–Crippen LogP) is 4.23. The van der Waals surface area contributed by atoms with Crippen LogP contribution in [-0.2, 0) is 12.6 Å². The van der Waals surface area contributed by atoms with E-state index in [-0.39, 0.29) is 5.76 Å². The summed E-state index contributed by atoms with van der Waals surface area (Å²) in [7, 11) is 0. The van der Waals surface area contributed by atoms with E-state index in [2.05, 4.69) is 0 Å². The van der Waals surface area contributed by atoms with E-state index in [9.17, 15) is 22.4 Å². The second-order valence-corrected chi connectivity index (χ2v) is 4.11. The molecule has 1 heterocycles. The van der Waals surface area contributed by atoms with Crippen LogP contribution >= 0.6 is 0 Å². The Morgan fingerprint density at radius 3 is 2.45 bits per heavy atom. The topological polar surface area (TPSA) is 30.2 Å². The molecule has 2 nitrogen and oxygen atoms in total. The molecule has 0 spiro atoms. The number of carbonyl (C=O) groups is 1. The van der Waals surface area contributed by atoms with E-state index in [4.69, 9.17) is 4.42 Å². The van der Waals surface area contributed by atoms with Gasteiger partial charge in [0, 0.05) is 6.42 Å². The molecule has 0 amide bonds. The first-order valence-electron chi connectivity index (χ1n) is 5.83. The molecule has 1 aromatic carbocycles. The summed E-state index contributed by atoms with van der Waals surface area (Å²) < 4.78 is 56.7. The third kappa shape index (κ3) is 2.59. The molecule has 6 heteroatoms. The molecule has 0 atom stereocenters. The molecule has 0 fully saturated rings. The van der Waals surface area contributed by atoms with E-state index in [1.165, 1.54) is 12.1 Å². The molecule has 0 radical (unpaired) electrons. The van der Waals surface area contributed by atoms with Crippen LogP contribution in [0.25, 0.3) is 0 Å². The van der Waals surface area contributed by atoms with Gasteiger partial charge in [0.05, 0.1) is 11.1 Å². The molecule has 106 valence electrons. The number of halogens is 4. The molecule has 0 aliphatic carbocycles. The molecular formula is C14H10F4O2. The number of furan rings is 1. The summed E-state index contributed by atoms with van der Waals surface area (Å²) >= 11 is 0. The van der Waals surface area contributed by atoms with Crippen LogP contribution in [0.2, 0.25) is 0 Å². The van der Waals surface area contributed by atoms with Gasteiger partial charge in [-0.3, -0.25) is 4.79 Å². The SMILES string of the molecule is CCc1ccc(C(=O)c2cccc(C(F)(F)F)c2F)o1. The number of ketones is 1. The van der Waals surface area contributed by atoms with Crippen LogP contribution < -0.4 is 0 Å². The molecule has 2 rings (SSSR count). The van der Waals surface area contributed by atoms with Gasteiger partial charge in [0.1, 0.15) is 11.6 Å². The van der Waals surface area contributed by atoms with Crippen molar-refractivity contribution in [1.29, 1.82) is 0 Å². The Kier molecular flexibility index (Phi) is 3.65. The summed E-state index contributed by atoms with van der Waals surface area (Å²) in [4.78, 5) is 12.0. The van der Waals surface area contributed by atoms with Crippen LogP contribution in [0, 0.1) is 5.82 Å². The zero-order valence-corrected chi connectivity index (χ0v) is 10.4. The number of alkyl halides is 3. The summed E-state index contributed by atoms with van der Waals surface area (Å²) in [5.41, 5.74) is -2.12. The molecule has 0 saturated heterocycles. The minimum absolute atomic E-state index is 0.180. The highest BCUT2D eigenvalue weighted by atomic mass is 19.4. The minimum atomic E-state index is -4.85. The van der Waals surface area contributed by atoms with Crippen molar-refractivity contribution in [2.75, 3.05) is 0 Å². The Labute approximate surface area is 112 Å². The first-order valence-corrected chi connectivity index (χ1v) is 5.83. The molecule has 0 aliphatic rings. The molecule has 20 heavy (non-hydrogen) atoms. The van der Waals surface area contributed by atoms with Crippen molar-refractivity contribution in [3.63, 3.8) is 0 Å². The Morgan fingerprint density at radius 1 is 1.20 bits per heavy atom. The lowest BCUT2D eigenvalue weighted by Crippen LogP contribution is -2.12. The zero-order chi connectivity index (χ0) is 14.9. The average Bonchev–Trinajstić information content (AvgIpc) is 2.85. The minimum Gasteiger partial charge on any atom is -0.458 e. The normalized spacial score (nSPS) is 11.7. The second-order valence-electron chi connectivity index (χ2n) is 4.11. The number of aryl methyl sites for hydroxylation is 1. The highest BCUT2D eigenvalue weighted by Crippen LogP contribution is 2.33. The molecule has 0 N–H and O–H groups in total. The fourth-order valence-electron chi connectivity index (χ4n) is 1.75. The van der Waals surface area contributed by atoms with Gasteiger partial charge < -0.3 is 4.42 Å². The zero-order valence-electron chi connectivity index (χ0n) is 10.4. The van der Waals surface area contributed by atoms with Gasteiger partial charge in [0.25, 0.3) is 0 Å². The fourth-order valence-corrected chi connectivity index (χ4v) is 1.75. The molecule has 0 aliphatic heterocycles. The maximum Gasteiger partial charge on any atom is 0.419 e. The predicted molar refractivity (Wildman–Crippen MR) is 62.9 cm³/mol. The molecule has 0 unspecified atom stereocenters. The Balaban J connectivity index is 2.45. The lowest BCUT2D eigenvalue weighted by atomic mass is 10.0. The number of hydrogen-bond donors (Lipinski definition) is 0. The van der Waals surface area contributed by atoms with E-state index in [0.717, 1.165) is 12.1 Å². The van der Waals surface area contributed by atoms with Gasteiger partial charge in [-0.1, -0.05) is 13.0 Å². The van der Waals surface area contributed by atoms with E-state index in [1.54, 1.807) is 6.92 Å². The van der Waals surface area contributed by atoms with Crippen LogP contribution in [-0.4, -0.2) is 5.78 Å². The highest BCUT2D eigenvalue weighted by molar-refractivity contribution is 6.07. The van der Waals surface area contributed by atoms with Gasteiger partial charge in [-0.25, -0.2) is 4.39 Å². The Bertz CT molecular complexity index is 641. The van der Waals surface area contributed by atoms with Gasteiger partial charge >= 0.3 is 6.18 Å². The van der Waals surface area contributed by atoms with Crippen molar-refractivity contribution in [3.8, 4) is 0 Å². The molecule has 0 bridgehead atoms. The maximum absolute atomic E-state index is 13.8. The highest BCUT2D eigenvalue weighted by Gasteiger charge is 2.36. The first-order chi connectivity index (χ1) is 9.34. The number of carbonyl (C=O) groups excluding carboxylic acids is 1. The van der Waals surface area contributed by atoms with Gasteiger partial charge in [0.2, 0.25) is 5.78 Å². The van der Waals surface area contributed by atoms with Gasteiger partial charge in [0.15, 0.2) is 5.76 Å². The number of benzene rings is 1. The van der Waals surface area contributed by atoms with Gasteiger partial charge in [-0.15, -0.1) is 0 Å². The van der Waals surface area contributed by atoms with Crippen molar-refractivity contribution >= 4 is 5.78 Å². The Hall–Kier alpha value is -2.11. The molecular weight excluding hydrogens is 276 g/mol. The largest absolute Gasteiger partial charge is 0.458 e. The summed E-state index contributed by atoms with van der Waals surface area (Å²) in [6.07, 6.45) is -4.32. The Morgan fingerprint density at radius 2 is 1.90 bits per heavy atom. The van der Waals surface area contributed by atoms with Gasteiger partial charge in [-0.2, -0.15) is 13.2 Å². The van der Waals surface area contributed by atoms with Crippen LogP contribution in [0.1, 0.15) is 34.4 Å². The second kappa shape index (κ2) is 5.11. The maximum atomic E-state index is 13.8. The summed E-state index contributed by atoms with van der Waals surface area (Å²) in [5, 5.41) is 0. The van der Waals surface area contributed by atoms with Crippen molar-refractivity contribution in [3.05, 3.63) is 58.8 Å². The van der Waals surface area contributed by atoms with E-state index in [0.29, 0.717) is 18.2 Å². The van der Waals surface area contributed by atoms with Crippen molar-refractivity contribution < 1.29 is 26.8 Å². The lowest BCUT2D eigenvalue weighted by molar-refractivity contribution is -0.140. The van der Waals surface area contributed by atoms with Crippen LogP contribution in [0.15, 0.2) is 34.7 Å². The molecule has 1 aromatic heterocycles. The summed E-state index contributed by atoms with van der Waals surface area (Å²) in [5.74, 6) is -2.17. The molecule has 0 saturated carbocycles. The standard InChI is InChI=1S/C14H10F4O2/c1-2-8-6-7-11(20-8)13(19)9-4-3-5-10(12(9)15)14(16,17)18/h3-7H,2H2,1H3. The third-order valence-corrected chi connectivity index (χ3v) is 2.78. The third-order valence-electron chi connectivity index (χ3n) is 2.78. The summed E-state index contributed by atoms with van der Waals surface area (Å²) in [6.45, 7) is 1.79.